The summed E-state index contributed by atoms with van der Waals surface area (Å²) < 4.78 is 11.4. The molecule has 2 rings (SSSR count). The fourth-order valence-electron chi connectivity index (χ4n) is 2.09. The molecule has 1 N–H and O–H groups in total. The summed E-state index contributed by atoms with van der Waals surface area (Å²) in [5.74, 6) is 0.535. The van der Waals surface area contributed by atoms with E-state index in [0.29, 0.717) is 21.5 Å². The Bertz CT molecular complexity index is 808. The van der Waals surface area contributed by atoms with Crippen LogP contribution >= 0.6 is 15.9 Å². The first kappa shape index (κ1) is 18.7. The van der Waals surface area contributed by atoms with Gasteiger partial charge in [0.2, 0.25) is 0 Å². The molecule has 1 amide bonds. The van der Waals surface area contributed by atoms with Crippen molar-refractivity contribution in [3.05, 3.63) is 56.5 Å². The minimum atomic E-state index is -0.538. The number of amides is 1. The van der Waals surface area contributed by atoms with Crippen molar-refractivity contribution in [2.45, 2.75) is 20.0 Å². The largest absolute Gasteiger partial charge is 0.495 e. The molecule has 0 saturated carbocycles. The summed E-state index contributed by atoms with van der Waals surface area (Å²) in [6.45, 7) is 3.81. The van der Waals surface area contributed by atoms with Crippen LogP contribution in [-0.4, -0.2) is 24.0 Å². The monoisotopic (exact) mass is 408 g/mol. The summed E-state index contributed by atoms with van der Waals surface area (Å²) in [5.41, 5.74) is 0.454. The smallest absolute Gasteiger partial charge is 0.271 e. The number of nitrogens with one attached hydrogen (secondary N) is 1. The van der Waals surface area contributed by atoms with Crippen molar-refractivity contribution in [1.29, 1.82) is 0 Å². The molecule has 0 aliphatic carbocycles. The minimum Gasteiger partial charge on any atom is -0.495 e. The highest BCUT2D eigenvalue weighted by atomic mass is 79.9. The zero-order valence-corrected chi connectivity index (χ0v) is 15.5. The van der Waals surface area contributed by atoms with Crippen molar-refractivity contribution in [2.75, 3.05) is 12.4 Å². The van der Waals surface area contributed by atoms with Gasteiger partial charge in [-0.3, -0.25) is 14.9 Å². The standard InChI is InChI=1S/C17H17BrN2O5/c1-10(2)25-15-6-4-11(8-13(15)18)17(21)19-14-9-12(20(22)23)5-7-16(14)24-3/h4-10H,1-3H3,(H,19,21). The van der Waals surface area contributed by atoms with E-state index in [9.17, 15) is 14.9 Å². The first-order valence-corrected chi connectivity index (χ1v) is 8.21. The summed E-state index contributed by atoms with van der Waals surface area (Å²) in [7, 11) is 1.42. The Morgan fingerprint density at radius 3 is 2.44 bits per heavy atom. The molecule has 0 spiro atoms. The Hall–Kier alpha value is -2.61. The van der Waals surface area contributed by atoms with Gasteiger partial charge in [-0.25, -0.2) is 0 Å². The first-order valence-electron chi connectivity index (χ1n) is 7.41. The van der Waals surface area contributed by atoms with Crippen LogP contribution in [0.2, 0.25) is 0 Å². The Kier molecular flexibility index (Phi) is 5.97. The molecule has 0 atom stereocenters. The van der Waals surface area contributed by atoms with Crippen LogP contribution in [0.4, 0.5) is 11.4 Å². The Labute approximate surface area is 153 Å². The molecule has 25 heavy (non-hydrogen) atoms. The number of halogens is 1. The fraction of sp³-hybridized carbons (Fsp3) is 0.235. The molecular weight excluding hydrogens is 392 g/mol. The topological polar surface area (TPSA) is 90.7 Å². The molecule has 0 aliphatic heterocycles. The van der Waals surface area contributed by atoms with E-state index in [-0.39, 0.29) is 17.5 Å². The van der Waals surface area contributed by atoms with E-state index in [1.165, 1.54) is 25.3 Å². The van der Waals surface area contributed by atoms with Crippen LogP contribution in [0, 0.1) is 10.1 Å². The number of hydrogen-bond donors (Lipinski definition) is 1. The lowest BCUT2D eigenvalue weighted by Gasteiger charge is -2.13. The number of hydrogen-bond acceptors (Lipinski definition) is 5. The molecule has 0 heterocycles. The molecule has 0 aliphatic rings. The molecular formula is C17H17BrN2O5. The lowest BCUT2D eigenvalue weighted by atomic mass is 10.2. The summed E-state index contributed by atoms with van der Waals surface area (Å²) in [6, 6.07) is 8.91. The maximum atomic E-state index is 12.5. The van der Waals surface area contributed by atoms with E-state index in [4.69, 9.17) is 9.47 Å². The van der Waals surface area contributed by atoms with Gasteiger partial charge in [-0.05, 0) is 54.0 Å². The zero-order valence-electron chi connectivity index (χ0n) is 13.9. The second kappa shape index (κ2) is 7.98. The van der Waals surface area contributed by atoms with Gasteiger partial charge in [-0.1, -0.05) is 0 Å². The molecule has 0 radical (unpaired) electrons. The number of rotatable bonds is 6. The number of anilines is 1. The summed E-state index contributed by atoms with van der Waals surface area (Å²) in [5, 5.41) is 13.5. The van der Waals surface area contributed by atoms with E-state index in [0.717, 1.165) is 0 Å². The predicted molar refractivity (Wildman–Crippen MR) is 97.5 cm³/mol. The van der Waals surface area contributed by atoms with E-state index in [1.807, 2.05) is 13.8 Å². The molecule has 0 aromatic heterocycles. The van der Waals surface area contributed by atoms with E-state index < -0.39 is 10.8 Å². The Morgan fingerprint density at radius 2 is 1.88 bits per heavy atom. The lowest BCUT2D eigenvalue weighted by molar-refractivity contribution is -0.384. The molecule has 0 unspecified atom stereocenters. The van der Waals surface area contributed by atoms with Gasteiger partial charge >= 0.3 is 0 Å². The highest BCUT2D eigenvalue weighted by Crippen LogP contribution is 2.31. The first-order chi connectivity index (χ1) is 11.8. The van der Waals surface area contributed by atoms with Gasteiger partial charge in [-0.15, -0.1) is 0 Å². The minimum absolute atomic E-state index is 0.00473. The molecule has 2 aromatic rings. The SMILES string of the molecule is COc1ccc([N+](=O)[O-])cc1NC(=O)c1ccc(OC(C)C)c(Br)c1. The maximum absolute atomic E-state index is 12.5. The molecule has 132 valence electrons. The van der Waals surface area contributed by atoms with Crippen LogP contribution in [0.25, 0.3) is 0 Å². The van der Waals surface area contributed by atoms with Gasteiger partial charge in [0, 0.05) is 17.7 Å². The molecule has 0 saturated heterocycles. The van der Waals surface area contributed by atoms with Crippen molar-refractivity contribution in [3.63, 3.8) is 0 Å². The van der Waals surface area contributed by atoms with Crippen LogP contribution in [0.15, 0.2) is 40.9 Å². The Balaban J connectivity index is 2.26. The van der Waals surface area contributed by atoms with Crippen LogP contribution in [0.3, 0.4) is 0 Å². The highest BCUT2D eigenvalue weighted by molar-refractivity contribution is 9.10. The number of nitro benzene ring substituents is 1. The average molecular weight is 409 g/mol. The van der Waals surface area contributed by atoms with E-state index >= 15 is 0 Å². The number of nitro groups is 1. The normalized spacial score (nSPS) is 10.4. The number of carbonyl (C=O) groups is 1. The predicted octanol–water partition coefficient (Wildman–Crippen LogP) is 4.41. The molecule has 8 heteroatoms. The molecule has 7 nitrogen and oxygen atoms in total. The third kappa shape index (κ3) is 4.69. The van der Waals surface area contributed by atoms with Gasteiger partial charge in [0.15, 0.2) is 0 Å². The number of nitrogens with zero attached hydrogens (tertiary/aromatic N) is 1. The second-order valence-electron chi connectivity index (χ2n) is 5.41. The maximum Gasteiger partial charge on any atom is 0.271 e. The van der Waals surface area contributed by atoms with E-state index in [1.54, 1.807) is 18.2 Å². The van der Waals surface area contributed by atoms with Crippen molar-refractivity contribution < 1.29 is 19.2 Å². The molecule has 0 bridgehead atoms. The summed E-state index contributed by atoms with van der Waals surface area (Å²) in [6.07, 6.45) is 0.00473. The van der Waals surface area contributed by atoms with Crippen molar-refractivity contribution in [1.82, 2.24) is 0 Å². The average Bonchev–Trinajstić information content (AvgIpc) is 2.56. The number of ether oxygens (including phenoxy) is 2. The van der Waals surface area contributed by atoms with Gasteiger partial charge in [0.05, 0.1) is 28.3 Å². The van der Waals surface area contributed by atoms with Crippen molar-refractivity contribution in [2.24, 2.45) is 0 Å². The van der Waals surface area contributed by atoms with Crippen molar-refractivity contribution in [3.8, 4) is 11.5 Å². The van der Waals surface area contributed by atoms with Crippen LogP contribution < -0.4 is 14.8 Å². The number of methoxy groups -OCH3 is 1. The third-order valence-corrected chi connectivity index (χ3v) is 3.82. The van der Waals surface area contributed by atoms with Gasteiger partial charge < -0.3 is 14.8 Å². The fourth-order valence-corrected chi connectivity index (χ4v) is 2.57. The summed E-state index contributed by atoms with van der Waals surface area (Å²) in [4.78, 5) is 22.8. The van der Waals surface area contributed by atoms with E-state index in [2.05, 4.69) is 21.2 Å². The third-order valence-electron chi connectivity index (χ3n) is 3.20. The number of benzene rings is 2. The van der Waals surface area contributed by atoms with Gasteiger partial charge in [0.25, 0.3) is 11.6 Å². The second-order valence-corrected chi connectivity index (χ2v) is 6.26. The molecule has 2 aromatic carbocycles. The molecule has 0 fully saturated rings. The van der Waals surface area contributed by atoms with Gasteiger partial charge in [-0.2, -0.15) is 0 Å². The number of non-ortho nitro benzene ring substituents is 1. The zero-order chi connectivity index (χ0) is 18.6. The lowest BCUT2D eigenvalue weighted by Crippen LogP contribution is -2.13. The van der Waals surface area contributed by atoms with Crippen molar-refractivity contribution >= 4 is 33.2 Å². The van der Waals surface area contributed by atoms with Gasteiger partial charge in [0.1, 0.15) is 11.5 Å². The van der Waals surface area contributed by atoms with Crippen LogP contribution in [0.5, 0.6) is 11.5 Å². The number of carbonyl (C=O) groups excluding carboxylic acids is 1. The summed E-state index contributed by atoms with van der Waals surface area (Å²) >= 11 is 3.37. The van der Waals surface area contributed by atoms with Crippen LogP contribution in [-0.2, 0) is 0 Å². The quantitative estimate of drug-likeness (QED) is 0.564. The Morgan fingerprint density at radius 1 is 1.20 bits per heavy atom. The highest BCUT2D eigenvalue weighted by Gasteiger charge is 2.16. The van der Waals surface area contributed by atoms with Crippen LogP contribution in [0.1, 0.15) is 24.2 Å².